The fourth-order valence-corrected chi connectivity index (χ4v) is 2.96. The number of benzene rings is 2. The van der Waals surface area contributed by atoms with Crippen LogP contribution >= 0.6 is 11.6 Å². The summed E-state index contributed by atoms with van der Waals surface area (Å²) in [6, 6.07) is 14.6. The van der Waals surface area contributed by atoms with Crippen molar-refractivity contribution in [2.45, 2.75) is 52.7 Å². The van der Waals surface area contributed by atoms with Crippen LogP contribution in [0.1, 0.15) is 37.5 Å². The Balaban J connectivity index is 2.24. The Labute approximate surface area is 166 Å². The Bertz CT molecular complexity index is 787. The molecule has 0 heterocycles. The van der Waals surface area contributed by atoms with Gasteiger partial charge in [-0.3, -0.25) is 9.59 Å². The van der Waals surface area contributed by atoms with Gasteiger partial charge in [-0.15, -0.1) is 0 Å². The molecule has 1 atom stereocenters. The molecule has 0 aromatic heterocycles. The number of hydrogen-bond donors (Lipinski definition) is 1. The van der Waals surface area contributed by atoms with E-state index in [0.717, 1.165) is 16.7 Å². The van der Waals surface area contributed by atoms with Crippen LogP contribution < -0.4 is 5.32 Å². The van der Waals surface area contributed by atoms with Crippen LogP contribution in [0.3, 0.4) is 0 Å². The minimum absolute atomic E-state index is 0.0200. The summed E-state index contributed by atoms with van der Waals surface area (Å²) in [6.07, 6.45) is 0.225. The Morgan fingerprint density at radius 2 is 1.67 bits per heavy atom. The summed E-state index contributed by atoms with van der Waals surface area (Å²) in [6.45, 7) is 8.00. The number of carbonyl (C=O) groups excluding carboxylic acids is 2. The van der Waals surface area contributed by atoms with Crippen molar-refractivity contribution in [3.05, 3.63) is 70.2 Å². The molecule has 0 bridgehead atoms. The number of carbonyl (C=O) groups is 2. The van der Waals surface area contributed by atoms with Crippen molar-refractivity contribution in [1.82, 2.24) is 10.2 Å². The van der Waals surface area contributed by atoms with E-state index >= 15 is 0 Å². The van der Waals surface area contributed by atoms with Crippen molar-refractivity contribution in [3.8, 4) is 0 Å². The van der Waals surface area contributed by atoms with Gasteiger partial charge < -0.3 is 10.2 Å². The molecule has 0 unspecified atom stereocenters. The lowest BCUT2D eigenvalue weighted by molar-refractivity contribution is -0.140. The predicted octanol–water partition coefficient (Wildman–Crippen LogP) is 4.13. The minimum atomic E-state index is -0.563. The second kappa shape index (κ2) is 9.56. The predicted molar refractivity (Wildman–Crippen MR) is 110 cm³/mol. The highest BCUT2D eigenvalue weighted by Crippen LogP contribution is 2.16. The quantitative estimate of drug-likeness (QED) is 0.777. The third-order valence-electron chi connectivity index (χ3n) is 4.47. The van der Waals surface area contributed by atoms with Gasteiger partial charge in [0.2, 0.25) is 11.8 Å². The largest absolute Gasteiger partial charge is 0.352 e. The number of aryl methyl sites for hydroxylation is 1. The highest BCUT2D eigenvalue weighted by Gasteiger charge is 2.26. The number of halogens is 1. The normalized spacial score (nSPS) is 11.9. The molecule has 0 spiro atoms. The SMILES string of the molecule is Cc1ccccc1CN(C(=O)Cc1ccc(Cl)cc1)[C@@H](C)C(=O)NC(C)C. The molecule has 0 fully saturated rings. The van der Waals surface area contributed by atoms with Gasteiger partial charge in [0.05, 0.1) is 6.42 Å². The van der Waals surface area contributed by atoms with Crippen LogP contribution in [0.2, 0.25) is 5.02 Å². The molecule has 144 valence electrons. The van der Waals surface area contributed by atoms with Crippen molar-refractivity contribution in [1.29, 1.82) is 0 Å². The maximum Gasteiger partial charge on any atom is 0.242 e. The molecule has 0 radical (unpaired) electrons. The lowest BCUT2D eigenvalue weighted by Crippen LogP contribution is -2.49. The number of hydrogen-bond acceptors (Lipinski definition) is 2. The van der Waals surface area contributed by atoms with E-state index in [2.05, 4.69) is 5.32 Å². The Morgan fingerprint density at radius 1 is 1.04 bits per heavy atom. The number of rotatable bonds is 7. The Hall–Kier alpha value is -2.33. The molecule has 27 heavy (non-hydrogen) atoms. The Morgan fingerprint density at radius 3 is 2.26 bits per heavy atom. The summed E-state index contributed by atoms with van der Waals surface area (Å²) in [7, 11) is 0. The topological polar surface area (TPSA) is 49.4 Å². The molecule has 5 heteroatoms. The molecule has 0 saturated carbocycles. The van der Waals surface area contributed by atoms with E-state index < -0.39 is 6.04 Å². The van der Waals surface area contributed by atoms with Crippen LogP contribution in [0.4, 0.5) is 0 Å². The summed E-state index contributed by atoms with van der Waals surface area (Å²) < 4.78 is 0. The summed E-state index contributed by atoms with van der Waals surface area (Å²) in [4.78, 5) is 27.3. The van der Waals surface area contributed by atoms with E-state index in [1.807, 2.05) is 57.2 Å². The van der Waals surface area contributed by atoms with Crippen LogP contribution in [-0.2, 0) is 22.6 Å². The second-order valence-electron chi connectivity index (χ2n) is 7.09. The van der Waals surface area contributed by atoms with Gasteiger partial charge in [0.15, 0.2) is 0 Å². The zero-order valence-electron chi connectivity index (χ0n) is 16.3. The fraction of sp³-hybridized carbons (Fsp3) is 0.364. The fourth-order valence-electron chi connectivity index (χ4n) is 2.84. The zero-order valence-corrected chi connectivity index (χ0v) is 17.1. The van der Waals surface area contributed by atoms with E-state index in [-0.39, 0.29) is 24.3 Å². The zero-order chi connectivity index (χ0) is 20.0. The van der Waals surface area contributed by atoms with E-state index in [9.17, 15) is 9.59 Å². The molecule has 1 N–H and O–H groups in total. The molecule has 0 aliphatic carbocycles. The van der Waals surface area contributed by atoms with Gasteiger partial charge in [0.1, 0.15) is 6.04 Å². The molecule has 2 amide bonds. The molecule has 4 nitrogen and oxygen atoms in total. The van der Waals surface area contributed by atoms with Gasteiger partial charge in [-0.25, -0.2) is 0 Å². The molecule has 0 saturated heterocycles. The highest BCUT2D eigenvalue weighted by atomic mass is 35.5. The van der Waals surface area contributed by atoms with E-state index in [4.69, 9.17) is 11.6 Å². The van der Waals surface area contributed by atoms with Gasteiger partial charge in [-0.05, 0) is 56.5 Å². The first-order chi connectivity index (χ1) is 12.8. The number of nitrogens with one attached hydrogen (secondary N) is 1. The second-order valence-corrected chi connectivity index (χ2v) is 7.53. The van der Waals surface area contributed by atoms with Gasteiger partial charge in [-0.1, -0.05) is 48.0 Å². The number of nitrogens with zero attached hydrogens (tertiary/aromatic N) is 1. The van der Waals surface area contributed by atoms with Crippen LogP contribution in [0.15, 0.2) is 48.5 Å². The van der Waals surface area contributed by atoms with Crippen LogP contribution in [0.25, 0.3) is 0 Å². The van der Waals surface area contributed by atoms with Crippen molar-refractivity contribution in [2.75, 3.05) is 0 Å². The molecule has 2 aromatic rings. The van der Waals surface area contributed by atoms with Gasteiger partial charge >= 0.3 is 0 Å². The third-order valence-corrected chi connectivity index (χ3v) is 4.72. The van der Waals surface area contributed by atoms with Crippen LogP contribution in [0, 0.1) is 6.92 Å². The molecule has 0 aliphatic heterocycles. The van der Waals surface area contributed by atoms with Gasteiger partial charge in [0, 0.05) is 17.6 Å². The standard InChI is InChI=1S/C22H27ClN2O2/c1-15(2)24-22(27)17(4)25(14-19-8-6-5-7-16(19)3)21(26)13-18-9-11-20(23)12-10-18/h5-12,15,17H,13-14H2,1-4H3,(H,24,27)/t17-/m0/s1. The van der Waals surface area contributed by atoms with Gasteiger partial charge in [0.25, 0.3) is 0 Å². The summed E-state index contributed by atoms with van der Waals surface area (Å²) in [5, 5.41) is 3.53. The average molecular weight is 387 g/mol. The smallest absolute Gasteiger partial charge is 0.242 e. The van der Waals surface area contributed by atoms with Crippen LogP contribution in [-0.4, -0.2) is 28.8 Å². The average Bonchev–Trinajstić information content (AvgIpc) is 2.61. The lowest BCUT2D eigenvalue weighted by atomic mass is 10.1. The molecule has 2 aromatic carbocycles. The van der Waals surface area contributed by atoms with Crippen molar-refractivity contribution in [2.24, 2.45) is 0 Å². The first-order valence-corrected chi connectivity index (χ1v) is 9.54. The van der Waals surface area contributed by atoms with Crippen molar-refractivity contribution >= 4 is 23.4 Å². The first kappa shape index (κ1) is 21.0. The monoisotopic (exact) mass is 386 g/mol. The summed E-state index contributed by atoms with van der Waals surface area (Å²) in [5.41, 5.74) is 3.00. The lowest BCUT2D eigenvalue weighted by Gasteiger charge is -2.30. The molecular weight excluding hydrogens is 360 g/mol. The minimum Gasteiger partial charge on any atom is -0.352 e. The maximum absolute atomic E-state index is 13.1. The first-order valence-electron chi connectivity index (χ1n) is 9.16. The molecular formula is C22H27ClN2O2. The highest BCUT2D eigenvalue weighted by molar-refractivity contribution is 6.30. The van der Waals surface area contributed by atoms with Crippen molar-refractivity contribution < 1.29 is 9.59 Å². The number of amides is 2. The van der Waals surface area contributed by atoms with E-state index in [1.54, 1.807) is 24.0 Å². The van der Waals surface area contributed by atoms with E-state index in [0.29, 0.717) is 11.6 Å². The third kappa shape index (κ3) is 6.10. The molecule has 0 aliphatic rings. The van der Waals surface area contributed by atoms with Crippen LogP contribution in [0.5, 0.6) is 0 Å². The Kier molecular flexibility index (Phi) is 7.43. The summed E-state index contributed by atoms with van der Waals surface area (Å²) >= 11 is 5.93. The van der Waals surface area contributed by atoms with E-state index in [1.165, 1.54) is 0 Å². The maximum atomic E-state index is 13.1. The van der Waals surface area contributed by atoms with Gasteiger partial charge in [-0.2, -0.15) is 0 Å². The van der Waals surface area contributed by atoms with Crippen molar-refractivity contribution in [3.63, 3.8) is 0 Å². The summed E-state index contributed by atoms with van der Waals surface area (Å²) in [5.74, 6) is -0.241. The molecule has 2 rings (SSSR count).